The standard InChI is InChI=1S/C12H16N2O2/c1-8(15)13-10-7-9-5-3-4-6-11(9)14(2)12(10)16/h7H,3-6H2,1-2H3,(H,13,15). The van der Waals surface area contributed by atoms with Crippen molar-refractivity contribution >= 4 is 11.6 Å². The van der Waals surface area contributed by atoms with E-state index in [0.717, 1.165) is 31.4 Å². The van der Waals surface area contributed by atoms with Crippen molar-refractivity contribution in [2.24, 2.45) is 7.05 Å². The molecule has 0 atom stereocenters. The van der Waals surface area contributed by atoms with Crippen LogP contribution in [0.25, 0.3) is 0 Å². The summed E-state index contributed by atoms with van der Waals surface area (Å²) >= 11 is 0. The third-order valence-corrected chi connectivity index (χ3v) is 3.05. The fraction of sp³-hybridized carbons (Fsp3) is 0.500. The van der Waals surface area contributed by atoms with Crippen LogP contribution in [-0.2, 0) is 24.7 Å². The summed E-state index contributed by atoms with van der Waals surface area (Å²) in [5.41, 5.74) is 2.59. The van der Waals surface area contributed by atoms with Gasteiger partial charge >= 0.3 is 0 Å². The second-order valence-corrected chi connectivity index (χ2v) is 4.28. The van der Waals surface area contributed by atoms with Gasteiger partial charge in [-0.25, -0.2) is 0 Å². The van der Waals surface area contributed by atoms with Crippen molar-refractivity contribution in [3.8, 4) is 0 Å². The summed E-state index contributed by atoms with van der Waals surface area (Å²) in [6.07, 6.45) is 4.25. The highest BCUT2D eigenvalue weighted by molar-refractivity contribution is 5.88. The molecule has 4 heteroatoms. The van der Waals surface area contributed by atoms with Gasteiger partial charge in [-0.1, -0.05) is 0 Å². The molecule has 1 aromatic rings. The molecule has 1 aromatic heterocycles. The minimum Gasteiger partial charge on any atom is -0.322 e. The Balaban J connectivity index is 2.52. The van der Waals surface area contributed by atoms with Crippen LogP contribution in [0, 0.1) is 0 Å². The van der Waals surface area contributed by atoms with Crippen molar-refractivity contribution in [1.29, 1.82) is 0 Å². The van der Waals surface area contributed by atoms with Crippen LogP contribution in [0.5, 0.6) is 0 Å². The highest BCUT2D eigenvalue weighted by Crippen LogP contribution is 2.21. The Morgan fingerprint density at radius 3 is 2.75 bits per heavy atom. The fourth-order valence-corrected chi connectivity index (χ4v) is 2.27. The third-order valence-electron chi connectivity index (χ3n) is 3.05. The molecule has 0 aliphatic heterocycles. The molecule has 2 rings (SSSR count). The topological polar surface area (TPSA) is 51.1 Å². The molecule has 0 spiro atoms. The Kier molecular flexibility index (Phi) is 2.81. The number of anilines is 1. The van der Waals surface area contributed by atoms with Crippen molar-refractivity contribution < 1.29 is 4.79 Å². The summed E-state index contributed by atoms with van der Waals surface area (Å²) in [5.74, 6) is -0.201. The van der Waals surface area contributed by atoms with Gasteiger partial charge in [-0.2, -0.15) is 0 Å². The van der Waals surface area contributed by atoms with E-state index >= 15 is 0 Å². The Labute approximate surface area is 94.3 Å². The maximum absolute atomic E-state index is 11.9. The fourth-order valence-electron chi connectivity index (χ4n) is 2.27. The van der Waals surface area contributed by atoms with Crippen molar-refractivity contribution in [2.45, 2.75) is 32.6 Å². The predicted molar refractivity (Wildman–Crippen MR) is 62.6 cm³/mol. The van der Waals surface area contributed by atoms with Gasteiger partial charge in [-0.3, -0.25) is 9.59 Å². The normalized spacial score (nSPS) is 14.4. The van der Waals surface area contributed by atoms with Gasteiger partial charge in [-0.05, 0) is 37.3 Å². The molecule has 1 aliphatic carbocycles. The van der Waals surface area contributed by atoms with Gasteiger partial charge in [0.15, 0.2) is 0 Å². The minimum atomic E-state index is -0.201. The quantitative estimate of drug-likeness (QED) is 0.773. The van der Waals surface area contributed by atoms with E-state index in [2.05, 4.69) is 5.32 Å². The first-order chi connectivity index (χ1) is 7.59. The van der Waals surface area contributed by atoms with Gasteiger partial charge in [0.25, 0.3) is 5.56 Å². The zero-order chi connectivity index (χ0) is 11.7. The first-order valence-electron chi connectivity index (χ1n) is 5.59. The first kappa shape index (κ1) is 10.9. The first-order valence-corrected chi connectivity index (χ1v) is 5.59. The lowest BCUT2D eigenvalue weighted by molar-refractivity contribution is -0.114. The number of hydrogen-bond donors (Lipinski definition) is 1. The van der Waals surface area contributed by atoms with E-state index in [0.29, 0.717) is 5.69 Å². The number of carbonyl (C=O) groups is 1. The van der Waals surface area contributed by atoms with Crippen molar-refractivity contribution in [3.63, 3.8) is 0 Å². The molecule has 1 amide bonds. The smallest absolute Gasteiger partial charge is 0.274 e. The molecule has 0 aromatic carbocycles. The number of fused-ring (bicyclic) bond motifs is 1. The molecule has 0 saturated heterocycles. The Morgan fingerprint density at radius 1 is 1.38 bits per heavy atom. The van der Waals surface area contributed by atoms with Crippen LogP contribution >= 0.6 is 0 Å². The van der Waals surface area contributed by atoms with Crippen LogP contribution < -0.4 is 10.9 Å². The zero-order valence-electron chi connectivity index (χ0n) is 9.67. The second-order valence-electron chi connectivity index (χ2n) is 4.28. The van der Waals surface area contributed by atoms with Gasteiger partial charge in [0.05, 0.1) is 0 Å². The average molecular weight is 220 g/mol. The average Bonchev–Trinajstić information content (AvgIpc) is 2.25. The van der Waals surface area contributed by atoms with E-state index in [9.17, 15) is 9.59 Å². The second kappa shape index (κ2) is 4.12. The maximum atomic E-state index is 11.9. The van der Waals surface area contributed by atoms with E-state index < -0.39 is 0 Å². The van der Waals surface area contributed by atoms with Crippen LogP contribution in [0.4, 0.5) is 5.69 Å². The summed E-state index contributed by atoms with van der Waals surface area (Å²) < 4.78 is 1.67. The summed E-state index contributed by atoms with van der Waals surface area (Å²) in [4.78, 5) is 22.9. The number of hydrogen-bond acceptors (Lipinski definition) is 2. The maximum Gasteiger partial charge on any atom is 0.274 e. The number of nitrogens with zero attached hydrogens (tertiary/aromatic N) is 1. The number of nitrogens with one attached hydrogen (secondary N) is 1. The largest absolute Gasteiger partial charge is 0.322 e. The predicted octanol–water partition coefficient (Wildman–Crippen LogP) is 1.22. The van der Waals surface area contributed by atoms with Gasteiger partial charge in [0.1, 0.15) is 5.69 Å². The molecule has 1 aliphatic rings. The highest BCUT2D eigenvalue weighted by Gasteiger charge is 2.15. The third kappa shape index (κ3) is 1.87. The molecule has 0 radical (unpaired) electrons. The zero-order valence-corrected chi connectivity index (χ0v) is 9.67. The summed E-state index contributed by atoms with van der Waals surface area (Å²) in [6, 6.07) is 1.83. The van der Waals surface area contributed by atoms with Crippen LogP contribution in [-0.4, -0.2) is 10.5 Å². The Morgan fingerprint density at radius 2 is 2.06 bits per heavy atom. The lowest BCUT2D eigenvalue weighted by Crippen LogP contribution is -2.28. The number of pyridine rings is 1. The summed E-state index contributed by atoms with van der Waals surface area (Å²) in [7, 11) is 1.78. The monoisotopic (exact) mass is 220 g/mol. The molecule has 0 fully saturated rings. The Hall–Kier alpha value is -1.58. The minimum absolute atomic E-state index is 0.115. The van der Waals surface area contributed by atoms with Crippen molar-refractivity contribution in [2.75, 3.05) is 5.32 Å². The van der Waals surface area contributed by atoms with Crippen LogP contribution in [0.15, 0.2) is 10.9 Å². The molecule has 0 bridgehead atoms. The number of rotatable bonds is 1. The van der Waals surface area contributed by atoms with Gasteiger partial charge in [0, 0.05) is 19.7 Å². The van der Waals surface area contributed by atoms with E-state index in [1.807, 2.05) is 6.07 Å². The molecule has 1 heterocycles. The van der Waals surface area contributed by atoms with Crippen LogP contribution in [0.2, 0.25) is 0 Å². The number of carbonyl (C=O) groups excluding carboxylic acids is 1. The molecule has 0 unspecified atom stereocenters. The molecule has 86 valence electrons. The van der Waals surface area contributed by atoms with Gasteiger partial charge in [0.2, 0.25) is 5.91 Å². The molecule has 0 saturated carbocycles. The summed E-state index contributed by atoms with van der Waals surface area (Å²) in [6.45, 7) is 1.42. The lowest BCUT2D eigenvalue weighted by atomic mass is 9.95. The van der Waals surface area contributed by atoms with Gasteiger partial charge in [-0.15, -0.1) is 0 Å². The molecular formula is C12H16N2O2. The van der Waals surface area contributed by atoms with Crippen LogP contribution in [0.3, 0.4) is 0 Å². The van der Waals surface area contributed by atoms with E-state index in [1.54, 1.807) is 11.6 Å². The van der Waals surface area contributed by atoms with E-state index in [-0.39, 0.29) is 11.5 Å². The highest BCUT2D eigenvalue weighted by atomic mass is 16.2. The SMILES string of the molecule is CC(=O)Nc1cc2c(n(C)c1=O)CCCC2. The van der Waals surface area contributed by atoms with E-state index in [1.165, 1.54) is 12.5 Å². The van der Waals surface area contributed by atoms with Gasteiger partial charge < -0.3 is 9.88 Å². The molecular weight excluding hydrogens is 204 g/mol. The van der Waals surface area contributed by atoms with Crippen molar-refractivity contribution in [3.05, 3.63) is 27.7 Å². The number of amides is 1. The lowest BCUT2D eigenvalue weighted by Gasteiger charge is -2.20. The molecule has 4 nitrogen and oxygen atoms in total. The Bertz CT molecular complexity index is 489. The van der Waals surface area contributed by atoms with Crippen LogP contribution in [0.1, 0.15) is 31.0 Å². The number of aromatic nitrogens is 1. The van der Waals surface area contributed by atoms with E-state index in [4.69, 9.17) is 0 Å². The molecule has 16 heavy (non-hydrogen) atoms. The summed E-state index contributed by atoms with van der Waals surface area (Å²) in [5, 5.41) is 2.59. The molecule has 1 N–H and O–H groups in total. The number of aryl methyl sites for hydroxylation is 1. The van der Waals surface area contributed by atoms with Crippen molar-refractivity contribution in [1.82, 2.24) is 4.57 Å².